The van der Waals surface area contributed by atoms with Crippen LogP contribution in [-0.4, -0.2) is 34.7 Å². The number of rotatable bonds is 5. The number of carbonyl (C=O) groups excluding carboxylic acids is 1. The van der Waals surface area contributed by atoms with E-state index in [-0.39, 0.29) is 24.3 Å². The first-order valence-corrected chi connectivity index (χ1v) is 7.67. The smallest absolute Gasteiger partial charge is 0.326 e. The molecule has 0 spiro atoms. The van der Waals surface area contributed by atoms with Gasteiger partial charge in [0.05, 0.1) is 0 Å². The molecule has 1 amide bonds. The maximum Gasteiger partial charge on any atom is 0.326 e. The third kappa shape index (κ3) is 2.32. The molecule has 5 nitrogen and oxygen atoms in total. The Labute approximate surface area is 118 Å². The average Bonchev–Trinajstić information content (AvgIpc) is 2.36. The van der Waals surface area contributed by atoms with Gasteiger partial charge in [-0.1, -0.05) is 0 Å². The van der Waals surface area contributed by atoms with Crippen LogP contribution in [0.5, 0.6) is 0 Å². The van der Waals surface area contributed by atoms with Crippen molar-refractivity contribution in [3.05, 3.63) is 0 Å². The lowest BCUT2D eigenvalue weighted by Crippen LogP contribution is -2.56. The predicted molar refractivity (Wildman–Crippen MR) is 71.9 cm³/mol. The summed E-state index contributed by atoms with van der Waals surface area (Å²) in [5.41, 5.74) is -0.322. The van der Waals surface area contributed by atoms with E-state index in [4.69, 9.17) is 10.2 Å². The summed E-state index contributed by atoms with van der Waals surface area (Å²) in [6, 6.07) is -0.958. The van der Waals surface area contributed by atoms with Gasteiger partial charge in [0.2, 0.25) is 5.91 Å². The summed E-state index contributed by atoms with van der Waals surface area (Å²) in [5.74, 6) is 0.837. The van der Waals surface area contributed by atoms with E-state index in [1.807, 2.05) is 0 Å². The van der Waals surface area contributed by atoms with Gasteiger partial charge in [0.1, 0.15) is 6.04 Å². The Morgan fingerprint density at radius 3 is 2.00 bits per heavy atom. The van der Waals surface area contributed by atoms with E-state index in [1.54, 1.807) is 0 Å². The third-order valence-electron chi connectivity index (χ3n) is 5.54. The molecule has 0 aromatic carbocycles. The Hall–Kier alpha value is -1.10. The number of amides is 1. The molecular formula is C15H23NO4. The molecule has 112 valence electrons. The molecule has 5 heteroatoms. The molecule has 4 saturated carbocycles. The molecule has 0 aliphatic heterocycles. The normalized spacial score (nSPS) is 39.5. The minimum absolute atomic E-state index is 0.0768. The number of nitrogens with one attached hydrogen (secondary N) is 1. The molecule has 4 fully saturated rings. The average molecular weight is 281 g/mol. The summed E-state index contributed by atoms with van der Waals surface area (Å²) in [6.45, 7) is -0.224. The second kappa shape index (κ2) is 5.02. The molecule has 4 bridgehead atoms. The van der Waals surface area contributed by atoms with Crippen molar-refractivity contribution in [3.8, 4) is 0 Å². The Kier molecular flexibility index (Phi) is 3.48. The van der Waals surface area contributed by atoms with Gasteiger partial charge in [-0.2, -0.15) is 0 Å². The molecule has 1 unspecified atom stereocenters. The number of carboxylic acid groups (broad SMARTS) is 1. The van der Waals surface area contributed by atoms with Gasteiger partial charge >= 0.3 is 5.97 Å². The van der Waals surface area contributed by atoms with E-state index in [2.05, 4.69) is 5.32 Å². The van der Waals surface area contributed by atoms with Gasteiger partial charge in [0, 0.05) is 18.4 Å². The molecule has 0 aromatic heterocycles. The highest BCUT2D eigenvalue weighted by Crippen LogP contribution is 2.60. The standard InChI is InChI=1S/C15H23NO4/c17-2-1-12(13(18)19)16-14(20)15-6-9-3-10(7-15)5-11(4-9)8-15/h9-12,17H,1-8H2,(H,16,20)(H,18,19). The largest absolute Gasteiger partial charge is 0.480 e. The number of hydrogen-bond donors (Lipinski definition) is 3. The van der Waals surface area contributed by atoms with Crippen LogP contribution >= 0.6 is 0 Å². The Bertz CT molecular complexity index is 385. The highest BCUT2D eigenvalue weighted by molar-refractivity contribution is 5.87. The number of aliphatic hydroxyl groups is 1. The van der Waals surface area contributed by atoms with Crippen LogP contribution < -0.4 is 5.32 Å². The van der Waals surface area contributed by atoms with E-state index >= 15 is 0 Å². The fourth-order valence-corrected chi connectivity index (χ4v) is 5.09. The van der Waals surface area contributed by atoms with E-state index in [0.29, 0.717) is 17.8 Å². The van der Waals surface area contributed by atoms with Crippen LogP contribution in [0.15, 0.2) is 0 Å². The molecule has 3 N–H and O–H groups in total. The second-order valence-electron chi connectivity index (χ2n) is 7.07. The van der Waals surface area contributed by atoms with Crippen LogP contribution in [-0.2, 0) is 9.59 Å². The monoisotopic (exact) mass is 281 g/mol. The molecule has 4 rings (SSSR count). The maximum absolute atomic E-state index is 12.6. The van der Waals surface area contributed by atoms with Crippen LogP contribution in [0, 0.1) is 23.2 Å². The van der Waals surface area contributed by atoms with Crippen molar-refractivity contribution in [2.45, 2.75) is 51.0 Å². The van der Waals surface area contributed by atoms with E-state index in [9.17, 15) is 9.59 Å². The molecule has 0 radical (unpaired) electrons. The number of aliphatic carboxylic acids is 1. The summed E-state index contributed by atoms with van der Waals surface area (Å²) in [6.07, 6.45) is 6.62. The predicted octanol–water partition coefficient (Wildman–Crippen LogP) is 1.15. The van der Waals surface area contributed by atoms with E-state index in [1.165, 1.54) is 19.3 Å². The van der Waals surface area contributed by atoms with Gasteiger partial charge in [0.25, 0.3) is 0 Å². The maximum atomic E-state index is 12.6. The summed E-state index contributed by atoms with van der Waals surface area (Å²) in [7, 11) is 0. The van der Waals surface area contributed by atoms with Crippen LogP contribution in [0.4, 0.5) is 0 Å². The molecular weight excluding hydrogens is 258 g/mol. The number of hydrogen-bond acceptors (Lipinski definition) is 3. The first-order chi connectivity index (χ1) is 9.52. The highest BCUT2D eigenvalue weighted by Gasteiger charge is 2.54. The Balaban J connectivity index is 1.71. The van der Waals surface area contributed by atoms with Gasteiger partial charge in [-0.15, -0.1) is 0 Å². The van der Waals surface area contributed by atoms with Crippen molar-refractivity contribution in [1.82, 2.24) is 5.32 Å². The van der Waals surface area contributed by atoms with Gasteiger partial charge in [0.15, 0.2) is 0 Å². The zero-order chi connectivity index (χ0) is 14.3. The van der Waals surface area contributed by atoms with Gasteiger partial charge in [-0.3, -0.25) is 4.79 Å². The van der Waals surface area contributed by atoms with Crippen LogP contribution in [0.2, 0.25) is 0 Å². The first-order valence-electron chi connectivity index (χ1n) is 7.67. The fourth-order valence-electron chi connectivity index (χ4n) is 5.09. The lowest BCUT2D eigenvalue weighted by Gasteiger charge is -2.55. The lowest BCUT2D eigenvalue weighted by molar-refractivity contribution is -0.151. The third-order valence-corrected chi connectivity index (χ3v) is 5.54. The van der Waals surface area contributed by atoms with Crippen molar-refractivity contribution < 1.29 is 19.8 Å². The lowest BCUT2D eigenvalue weighted by atomic mass is 9.49. The Morgan fingerprint density at radius 2 is 1.60 bits per heavy atom. The SMILES string of the molecule is O=C(O)C(CCO)NC(=O)C12CC3CC(CC(C3)C1)C2. The summed E-state index contributed by atoms with van der Waals surface area (Å²) < 4.78 is 0. The van der Waals surface area contributed by atoms with Crippen molar-refractivity contribution in [1.29, 1.82) is 0 Å². The van der Waals surface area contributed by atoms with Crippen molar-refractivity contribution in [2.75, 3.05) is 6.61 Å². The zero-order valence-electron chi connectivity index (χ0n) is 11.7. The van der Waals surface area contributed by atoms with Crippen LogP contribution in [0.1, 0.15) is 44.9 Å². The van der Waals surface area contributed by atoms with Gasteiger partial charge in [-0.05, 0) is 56.3 Å². The molecule has 20 heavy (non-hydrogen) atoms. The quantitative estimate of drug-likeness (QED) is 0.705. The molecule has 0 saturated heterocycles. The Morgan fingerprint density at radius 1 is 1.10 bits per heavy atom. The highest BCUT2D eigenvalue weighted by atomic mass is 16.4. The molecule has 4 aliphatic rings. The molecule has 0 aromatic rings. The zero-order valence-corrected chi connectivity index (χ0v) is 11.7. The summed E-state index contributed by atoms with van der Waals surface area (Å²) in [4.78, 5) is 23.8. The van der Waals surface area contributed by atoms with Crippen LogP contribution in [0.25, 0.3) is 0 Å². The fraction of sp³-hybridized carbons (Fsp3) is 0.867. The number of carboxylic acids is 1. The van der Waals surface area contributed by atoms with Crippen LogP contribution in [0.3, 0.4) is 0 Å². The number of aliphatic hydroxyl groups excluding tert-OH is 1. The topological polar surface area (TPSA) is 86.6 Å². The van der Waals surface area contributed by atoms with Crippen molar-refractivity contribution in [2.24, 2.45) is 23.2 Å². The minimum atomic E-state index is -1.06. The molecule has 0 heterocycles. The minimum Gasteiger partial charge on any atom is -0.480 e. The van der Waals surface area contributed by atoms with Gasteiger partial charge < -0.3 is 15.5 Å². The number of carbonyl (C=O) groups is 2. The summed E-state index contributed by atoms with van der Waals surface area (Å²) >= 11 is 0. The first kappa shape index (κ1) is 13.9. The second-order valence-corrected chi connectivity index (χ2v) is 7.07. The van der Waals surface area contributed by atoms with Crippen molar-refractivity contribution in [3.63, 3.8) is 0 Å². The molecule has 4 aliphatic carbocycles. The van der Waals surface area contributed by atoms with Gasteiger partial charge in [-0.25, -0.2) is 4.79 Å². The molecule has 1 atom stereocenters. The van der Waals surface area contributed by atoms with Crippen molar-refractivity contribution >= 4 is 11.9 Å². The van der Waals surface area contributed by atoms with E-state index < -0.39 is 12.0 Å². The van der Waals surface area contributed by atoms with E-state index in [0.717, 1.165) is 19.3 Å². The summed E-state index contributed by atoms with van der Waals surface area (Å²) in [5, 5.41) is 20.7.